The molecule has 0 bridgehead atoms. The number of rotatable bonds is 6. The summed E-state index contributed by atoms with van der Waals surface area (Å²) in [6, 6.07) is 18.7. The first-order chi connectivity index (χ1) is 13.9. The van der Waals surface area contributed by atoms with Gasteiger partial charge in [-0.2, -0.15) is 0 Å². The minimum atomic E-state index is -1.15. The van der Waals surface area contributed by atoms with Gasteiger partial charge in [0.1, 0.15) is 12.1 Å². The average Bonchev–Trinajstić information content (AvgIpc) is 2.93. The van der Waals surface area contributed by atoms with Gasteiger partial charge in [-0.25, -0.2) is 4.79 Å². The fourth-order valence-electron chi connectivity index (χ4n) is 4.24. The lowest BCUT2D eigenvalue weighted by molar-refractivity contribution is -0.134. The standard InChI is InChI=1S/C23H25N3O3/c1-22(17-9-4-2-5-10-17)20(28)26(21(29)25-22)15-19(27)24-16-23(13-8-14-23)18-11-6-3-7-12-18/h2-7,9-12H,8,13-16H2,1H3,(H,24,27)(H,25,29). The number of benzene rings is 2. The largest absolute Gasteiger partial charge is 0.354 e. The Balaban J connectivity index is 1.41. The molecular formula is C23H25N3O3. The molecule has 2 fully saturated rings. The van der Waals surface area contributed by atoms with Gasteiger partial charge in [0, 0.05) is 12.0 Å². The van der Waals surface area contributed by atoms with E-state index in [2.05, 4.69) is 22.8 Å². The fraction of sp³-hybridized carbons (Fsp3) is 0.348. The van der Waals surface area contributed by atoms with Crippen LogP contribution in [0.2, 0.25) is 0 Å². The van der Waals surface area contributed by atoms with Crippen LogP contribution in [-0.4, -0.2) is 35.8 Å². The molecule has 2 aliphatic rings. The Labute approximate surface area is 170 Å². The Morgan fingerprint density at radius 1 is 1.00 bits per heavy atom. The molecule has 150 valence electrons. The van der Waals surface area contributed by atoms with Crippen molar-refractivity contribution in [3.8, 4) is 0 Å². The normalized spacial score (nSPS) is 22.7. The summed E-state index contributed by atoms with van der Waals surface area (Å²) in [6.07, 6.45) is 3.17. The predicted octanol–water partition coefficient (Wildman–Crippen LogP) is 2.69. The molecule has 0 aromatic heterocycles. The van der Waals surface area contributed by atoms with Gasteiger partial charge in [-0.15, -0.1) is 0 Å². The van der Waals surface area contributed by atoms with Gasteiger partial charge in [-0.1, -0.05) is 67.1 Å². The molecule has 0 radical (unpaired) electrons. The number of nitrogens with one attached hydrogen (secondary N) is 2. The number of hydrogen-bond acceptors (Lipinski definition) is 3. The van der Waals surface area contributed by atoms with E-state index in [1.54, 1.807) is 19.1 Å². The Kier molecular flexibility index (Phi) is 4.86. The van der Waals surface area contributed by atoms with Crippen LogP contribution in [0, 0.1) is 0 Å². The molecule has 4 rings (SSSR count). The lowest BCUT2D eigenvalue weighted by Gasteiger charge is -2.42. The molecule has 1 heterocycles. The van der Waals surface area contributed by atoms with Crippen molar-refractivity contribution in [3.05, 3.63) is 71.8 Å². The minimum absolute atomic E-state index is 0.0489. The SMILES string of the molecule is CC1(c2ccccc2)NC(=O)N(CC(=O)NCC2(c3ccccc3)CCC2)C1=O. The van der Waals surface area contributed by atoms with E-state index in [0.29, 0.717) is 12.1 Å². The summed E-state index contributed by atoms with van der Waals surface area (Å²) in [4.78, 5) is 38.9. The molecule has 4 amide bonds. The number of hydrogen-bond donors (Lipinski definition) is 2. The van der Waals surface area contributed by atoms with Crippen molar-refractivity contribution in [2.75, 3.05) is 13.1 Å². The van der Waals surface area contributed by atoms with Crippen molar-refractivity contribution in [2.24, 2.45) is 0 Å². The first kappa shape index (κ1) is 19.2. The zero-order valence-corrected chi connectivity index (χ0v) is 16.5. The van der Waals surface area contributed by atoms with Crippen LogP contribution in [0.25, 0.3) is 0 Å². The van der Waals surface area contributed by atoms with Crippen molar-refractivity contribution < 1.29 is 14.4 Å². The fourth-order valence-corrected chi connectivity index (χ4v) is 4.24. The maximum Gasteiger partial charge on any atom is 0.325 e. The van der Waals surface area contributed by atoms with Crippen LogP contribution < -0.4 is 10.6 Å². The molecule has 2 N–H and O–H groups in total. The number of urea groups is 1. The van der Waals surface area contributed by atoms with E-state index < -0.39 is 17.5 Å². The molecule has 1 unspecified atom stereocenters. The molecule has 2 aromatic rings. The smallest absolute Gasteiger partial charge is 0.325 e. The first-order valence-corrected chi connectivity index (χ1v) is 9.96. The van der Waals surface area contributed by atoms with Crippen molar-refractivity contribution in [2.45, 2.75) is 37.1 Å². The number of carbonyl (C=O) groups excluding carboxylic acids is 3. The Bertz CT molecular complexity index is 925. The number of amides is 4. The van der Waals surface area contributed by atoms with Crippen LogP contribution in [0.3, 0.4) is 0 Å². The molecule has 0 spiro atoms. The second kappa shape index (κ2) is 7.35. The van der Waals surface area contributed by atoms with Gasteiger partial charge in [-0.05, 0) is 30.9 Å². The summed E-state index contributed by atoms with van der Waals surface area (Å²) < 4.78 is 0. The van der Waals surface area contributed by atoms with E-state index >= 15 is 0 Å². The Morgan fingerprint density at radius 3 is 2.14 bits per heavy atom. The van der Waals surface area contributed by atoms with E-state index in [9.17, 15) is 14.4 Å². The number of carbonyl (C=O) groups is 3. The van der Waals surface area contributed by atoms with Gasteiger partial charge in [0.15, 0.2) is 0 Å². The van der Waals surface area contributed by atoms with Gasteiger partial charge in [0.25, 0.3) is 5.91 Å². The molecule has 2 aromatic carbocycles. The molecule has 29 heavy (non-hydrogen) atoms. The summed E-state index contributed by atoms with van der Waals surface area (Å²) in [5.41, 5.74) is 0.710. The second-order valence-electron chi connectivity index (χ2n) is 8.09. The van der Waals surface area contributed by atoms with Crippen LogP contribution in [0.1, 0.15) is 37.3 Å². The number of nitrogens with zero attached hydrogens (tertiary/aromatic N) is 1. The highest BCUT2D eigenvalue weighted by molar-refractivity contribution is 6.09. The summed E-state index contributed by atoms with van der Waals surface area (Å²) in [6.45, 7) is 1.90. The highest BCUT2D eigenvalue weighted by atomic mass is 16.2. The summed E-state index contributed by atoms with van der Waals surface area (Å²) in [5, 5.41) is 5.68. The first-order valence-electron chi connectivity index (χ1n) is 9.96. The molecule has 1 atom stereocenters. The van der Waals surface area contributed by atoms with E-state index in [1.165, 1.54) is 5.56 Å². The number of imide groups is 1. The van der Waals surface area contributed by atoms with Gasteiger partial charge in [-0.3, -0.25) is 14.5 Å². The van der Waals surface area contributed by atoms with Gasteiger partial charge >= 0.3 is 6.03 Å². The monoisotopic (exact) mass is 391 g/mol. The molecule has 1 saturated heterocycles. The van der Waals surface area contributed by atoms with Gasteiger partial charge < -0.3 is 10.6 Å². The zero-order valence-electron chi connectivity index (χ0n) is 16.5. The third-order valence-corrected chi connectivity index (χ3v) is 6.25. The maximum atomic E-state index is 12.9. The van der Waals surface area contributed by atoms with Crippen LogP contribution in [0.4, 0.5) is 4.79 Å². The van der Waals surface area contributed by atoms with Crippen LogP contribution in [0.5, 0.6) is 0 Å². The lowest BCUT2D eigenvalue weighted by Crippen LogP contribution is -2.49. The minimum Gasteiger partial charge on any atom is -0.354 e. The van der Waals surface area contributed by atoms with Crippen molar-refractivity contribution >= 4 is 17.8 Å². The lowest BCUT2D eigenvalue weighted by atomic mass is 9.64. The summed E-state index contributed by atoms with van der Waals surface area (Å²) in [7, 11) is 0. The zero-order chi connectivity index (χ0) is 20.5. The third-order valence-electron chi connectivity index (χ3n) is 6.25. The Hall–Kier alpha value is -3.15. The van der Waals surface area contributed by atoms with Gasteiger partial charge in [0.2, 0.25) is 5.91 Å². The molecule has 1 aliphatic heterocycles. The highest BCUT2D eigenvalue weighted by Gasteiger charge is 2.49. The Morgan fingerprint density at radius 2 is 1.59 bits per heavy atom. The summed E-state index contributed by atoms with van der Waals surface area (Å²) in [5.74, 6) is -0.738. The second-order valence-corrected chi connectivity index (χ2v) is 8.09. The van der Waals surface area contributed by atoms with E-state index in [-0.39, 0.29) is 17.9 Å². The maximum absolute atomic E-state index is 12.9. The third kappa shape index (κ3) is 3.39. The highest BCUT2D eigenvalue weighted by Crippen LogP contribution is 2.43. The summed E-state index contributed by atoms with van der Waals surface area (Å²) >= 11 is 0. The van der Waals surface area contributed by atoms with E-state index in [1.807, 2.05) is 36.4 Å². The molecular weight excluding hydrogens is 366 g/mol. The molecule has 1 aliphatic carbocycles. The quantitative estimate of drug-likeness (QED) is 0.743. The molecule has 6 nitrogen and oxygen atoms in total. The topological polar surface area (TPSA) is 78.5 Å². The van der Waals surface area contributed by atoms with Gasteiger partial charge in [0.05, 0.1) is 0 Å². The van der Waals surface area contributed by atoms with Crippen LogP contribution in [-0.2, 0) is 20.5 Å². The predicted molar refractivity (Wildman–Crippen MR) is 109 cm³/mol. The van der Waals surface area contributed by atoms with Crippen molar-refractivity contribution in [3.63, 3.8) is 0 Å². The van der Waals surface area contributed by atoms with Crippen molar-refractivity contribution in [1.29, 1.82) is 0 Å². The van der Waals surface area contributed by atoms with Crippen molar-refractivity contribution in [1.82, 2.24) is 15.5 Å². The molecule has 6 heteroatoms. The van der Waals surface area contributed by atoms with Crippen LogP contribution in [0.15, 0.2) is 60.7 Å². The molecule has 1 saturated carbocycles. The average molecular weight is 391 g/mol. The van der Waals surface area contributed by atoms with E-state index in [4.69, 9.17) is 0 Å². The van der Waals surface area contributed by atoms with E-state index in [0.717, 1.165) is 24.2 Å². The van der Waals surface area contributed by atoms with Crippen LogP contribution >= 0.6 is 0 Å².